The van der Waals surface area contributed by atoms with Crippen LogP contribution < -0.4 is 14.9 Å². The Labute approximate surface area is 179 Å². The minimum atomic E-state index is -3.65. The fraction of sp³-hybridized carbons (Fsp3) is 0.409. The van der Waals surface area contributed by atoms with Crippen molar-refractivity contribution in [2.24, 2.45) is 0 Å². The number of sulfonamides is 1. The Morgan fingerprint density at radius 1 is 1.03 bits per heavy atom. The standard InChI is InChI=1S/C22H30N4O3S/c1-17(2)24-30(28,29)20-9-6-8-18(15-20)22(27)23-16-19-7-4-5-10-21(19)26-13-11-25(3)12-14-26/h4-10,15,17,24H,11-14,16H2,1-3H3,(H,23,27). The fourth-order valence-electron chi connectivity index (χ4n) is 3.48. The number of piperazine rings is 1. The third-order valence-corrected chi connectivity index (χ3v) is 6.73. The molecule has 0 atom stereocenters. The third-order valence-electron chi connectivity index (χ3n) is 5.07. The summed E-state index contributed by atoms with van der Waals surface area (Å²) in [5.41, 5.74) is 2.49. The van der Waals surface area contributed by atoms with Gasteiger partial charge in [0.05, 0.1) is 4.90 Å². The van der Waals surface area contributed by atoms with Crippen LogP contribution in [-0.4, -0.2) is 58.5 Å². The number of rotatable bonds is 7. The van der Waals surface area contributed by atoms with E-state index in [1.165, 1.54) is 12.1 Å². The SMILES string of the molecule is CC(C)NS(=O)(=O)c1cccc(C(=O)NCc2ccccc2N2CCN(C)CC2)c1. The highest BCUT2D eigenvalue weighted by atomic mass is 32.2. The second-order valence-electron chi connectivity index (χ2n) is 7.91. The summed E-state index contributed by atoms with van der Waals surface area (Å²) in [4.78, 5) is 17.4. The van der Waals surface area contributed by atoms with E-state index in [0.717, 1.165) is 37.4 Å². The topological polar surface area (TPSA) is 81.7 Å². The molecular weight excluding hydrogens is 400 g/mol. The minimum absolute atomic E-state index is 0.0849. The van der Waals surface area contributed by atoms with Crippen LogP contribution in [0.5, 0.6) is 0 Å². The van der Waals surface area contributed by atoms with Crippen molar-refractivity contribution in [2.45, 2.75) is 31.3 Å². The summed E-state index contributed by atoms with van der Waals surface area (Å²) in [5.74, 6) is -0.301. The molecule has 0 radical (unpaired) electrons. The Morgan fingerprint density at radius 3 is 2.43 bits per heavy atom. The largest absolute Gasteiger partial charge is 0.369 e. The number of amides is 1. The van der Waals surface area contributed by atoms with Gasteiger partial charge < -0.3 is 15.1 Å². The Kier molecular flexibility index (Phi) is 7.12. The maximum absolute atomic E-state index is 12.7. The van der Waals surface area contributed by atoms with Crippen molar-refractivity contribution in [1.29, 1.82) is 0 Å². The lowest BCUT2D eigenvalue weighted by atomic mass is 10.1. The quantitative estimate of drug-likeness (QED) is 0.703. The van der Waals surface area contributed by atoms with Crippen molar-refractivity contribution in [3.63, 3.8) is 0 Å². The van der Waals surface area contributed by atoms with Crippen LogP contribution in [-0.2, 0) is 16.6 Å². The second kappa shape index (κ2) is 9.59. The normalized spacial score (nSPS) is 15.4. The van der Waals surface area contributed by atoms with Crippen LogP contribution in [0.4, 0.5) is 5.69 Å². The van der Waals surface area contributed by atoms with Crippen LogP contribution in [0.2, 0.25) is 0 Å². The van der Waals surface area contributed by atoms with Crippen molar-refractivity contribution < 1.29 is 13.2 Å². The van der Waals surface area contributed by atoms with E-state index in [0.29, 0.717) is 12.1 Å². The van der Waals surface area contributed by atoms with E-state index in [1.54, 1.807) is 26.0 Å². The van der Waals surface area contributed by atoms with Gasteiger partial charge in [0.1, 0.15) is 0 Å². The summed E-state index contributed by atoms with van der Waals surface area (Å²) < 4.78 is 27.3. The first-order chi connectivity index (χ1) is 14.3. The van der Waals surface area contributed by atoms with Gasteiger partial charge in [0.2, 0.25) is 10.0 Å². The number of nitrogens with one attached hydrogen (secondary N) is 2. The Morgan fingerprint density at radius 2 is 1.73 bits per heavy atom. The van der Waals surface area contributed by atoms with Gasteiger partial charge in [-0.1, -0.05) is 24.3 Å². The van der Waals surface area contributed by atoms with Crippen LogP contribution in [0.1, 0.15) is 29.8 Å². The molecule has 2 N–H and O–H groups in total. The molecule has 1 fully saturated rings. The predicted molar refractivity (Wildman–Crippen MR) is 119 cm³/mol. The summed E-state index contributed by atoms with van der Waals surface area (Å²) in [6.07, 6.45) is 0. The average molecular weight is 431 g/mol. The molecular formula is C22H30N4O3S. The molecule has 1 heterocycles. The number of hydrogen-bond acceptors (Lipinski definition) is 5. The summed E-state index contributed by atoms with van der Waals surface area (Å²) >= 11 is 0. The number of carbonyl (C=O) groups excluding carboxylic acids is 1. The molecule has 8 heteroatoms. The molecule has 1 saturated heterocycles. The molecule has 0 spiro atoms. The zero-order valence-electron chi connectivity index (χ0n) is 17.8. The van der Waals surface area contributed by atoms with Gasteiger partial charge in [0.25, 0.3) is 5.91 Å². The summed E-state index contributed by atoms with van der Waals surface area (Å²) in [5, 5.41) is 2.93. The first kappa shape index (κ1) is 22.3. The van der Waals surface area contributed by atoms with Crippen LogP contribution in [0, 0.1) is 0 Å². The fourth-order valence-corrected chi connectivity index (χ4v) is 4.77. The maximum atomic E-state index is 12.7. The van der Waals surface area contributed by atoms with Gasteiger partial charge in [0, 0.05) is 50.0 Å². The molecule has 1 aliphatic rings. The molecule has 7 nitrogen and oxygen atoms in total. The highest BCUT2D eigenvalue weighted by molar-refractivity contribution is 7.89. The molecule has 2 aromatic carbocycles. The van der Waals surface area contributed by atoms with E-state index in [9.17, 15) is 13.2 Å². The number of benzene rings is 2. The summed E-state index contributed by atoms with van der Waals surface area (Å²) in [7, 11) is -1.53. The number of anilines is 1. The van der Waals surface area contributed by atoms with E-state index in [1.807, 2.05) is 18.2 Å². The van der Waals surface area contributed by atoms with E-state index in [4.69, 9.17) is 0 Å². The van der Waals surface area contributed by atoms with Crippen LogP contribution in [0.25, 0.3) is 0 Å². The van der Waals surface area contributed by atoms with Crippen molar-refractivity contribution in [3.8, 4) is 0 Å². The molecule has 30 heavy (non-hydrogen) atoms. The Hall–Kier alpha value is -2.42. The number of likely N-dealkylation sites (N-methyl/N-ethyl adjacent to an activating group) is 1. The first-order valence-corrected chi connectivity index (χ1v) is 11.7. The van der Waals surface area contributed by atoms with Crippen molar-refractivity contribution >= 4 is 21.6 Å². The van der Waals surface area contributed by atoms with Gasteiger partial charge in [-0.15, -0.1) is 0 Å². The molecule has 0 bridgehead atoms. The smallest absolute Gasteiger partial charge is 0.251 e. The van der Waals surface area contributed by atoms with Crippen LogP contribution >= 0.6 is 0 Å². The van der Waals surface area contributed by atoms with Gasteiger partial charge in [-0.25, -0.2) is 13.1 Å². The monoisotopic (exact) mass is 430 g/mol. The summed E-state index contributed by atoms with van der Waals surface area (Å²) in [6, 6.07) is 14.0. The van der Waals surface area contributed by atoms with Gasteiger partial charge in [-0.3, -0.25) is 4.79 Å². The zero-order valence-corrected chi connectivity index (χ0v) is 18.6. The van der Waals surface area contributed by atoms with Crippen LogP contribution in [0.3, 0.4) is 0 Å². The second-order valence-corrected chi connectivity index (χ2v) is 9.62. The van der Waals surface area contributed by atoms with E-state index in [-0.39, 0.29) is 16.8 Å². The molecule has 0 aliphatic carbocycles. The van der Waals surface area contributed by atoms with Gasteiger partial charge in [-0.05, 0) is 50.7 Å². The van der Waals surface area contributed by atoms with E-state index >= 15 is 0 Å². The zero-order chi connectivity index (χ0) is 21.7. The highest BCUT2D eigenvalue weighted by Gasteiger charge is 2.19. The third kappa shape index (κ3) is 5.59. The van der Waals surface area contributed by atoms with Gasteiger partial charge in [-0.2, -0.15) is 0 Å². The molecule has 2 aromatic rings. The number of carbonyl (C=O) groups is 1. The molecule has 3 rings (SSSR count). The van der Waals surface area contributed by atoms with E-state index in [2.05, 4.69) is 33.0 Å². The molecule has 0 aromatic heterocycles. The summed E-state index contributed by atoms with van der Waals surface area (Å²) in [6.45, 7) is 7.80. The van der Waals surface area contributed by atoms with Crippen molar-refractivity contribution in [3.05, 3.63) is 59.7 Å². The lowest BCUT2D eigenvalue weighted by Gasteiger charge is -2.35. The Bertz CT molecular complexity index is 983. The van der Waals surface area contributed by atoms with Crippen molar-refractivity contribution in [2.75, 3.05) is 38.1 Å². The maximum Gasteiger partial charge on any atom is 0.251 e. The highest BCUT2D eigenvalue weighted by Crippen LogP contribution is 2.22. The molecule has 0 unspecified atom stereocenters. The number of nitrogens with zero attached hydrogens (tertiary/aromatic N) is 2. The van der Waals surface area contributed by atoms with Crippen LogP contribution in [0.15, 0.2) is 53.4 Å². The minimum Gasteiger partial charge on any atom is -0.369 e. The first-order valence-electron chi connectivity index (χ1n) is 10.2. The van der Waals surface area contributed by atoms with Gasteiger partial charge in [0.15, 0.2) is 0 Å². The van der Waals surface area contributed by atoms with Crippen molar-refractivity contribution in [1.82, 2.24) is 14.9 Å². The number of hydrogen-bond donors (Lipinski definition) is 2. The van der Waals surface area contributed by atoms with Gasteiger partial charge >= 0.3 is 0 Å². The lowest BCUT2D eigenvalue weighted by molar-refractivity contribution is 0.0950. The molecule has 162 valence electrons. The number of para-hydroxylation sites is 1. The molecule has 1 amide bonds. The molecule has 0 saturated carbocycles. The van der Waals surface area contributed by atoms with E-state index < -0.39 is 10.0 Å². The Balaban J connectivity index is 1.70. The predicted octanol–water partition coefficient (Wildman–Crippen LogP) is 2.06. The average Bonchev–Trinajstić information content (AvgIpc) is 2.72. The molecule has 1 aliphatic heterocycles. The lowest BCUT2D eigenvalue weighted by Crippen LogP contribution is -2.45.